The first-order chi connectivity index (χ1) is 27.2. The molecule has 22 atom stereocenters. The van der Waals surface area contributed by atoms with E-state index in [0.29, 0.717) is 36.5 Å². The minimum Gasteiger partial charge on any atom is -0.550 e. The van der Waals surface area contributed by atoms with Gasteiger partial charge < -0.3 is 50.4 Å². The summed E-state index contributed by atoms with van der Waals surface area (Å²) in [7, 11) is 0. The van der Waals surface area contributed by atoms with E-state index < -0.39 is 24.1 Å². The summed E-state index contributed by atoms with van der Waals surface area (Å²) in [6, 6.07) is 0. The number of carboxylic acid groups (broad SMARTS) is 2. The van der Waals surface area contributed by atoms with E-state index >= 15 is 0 Å². The molecule has 8 rings (SSSR count). The molecule has 1 radical (unpaired) electrons. The Morgan fingerprint density at radius 3 is 1.24 bits per heavy atom. The van der Waals surface area contributed by atoms with E-state index in [9.17, 15) is 50.4 Å². The normalized spacial score (nSPS) is 52.0. The molecule has 11 heteroatoms. The van der Waals surface area contributed by atoms with Gasteiger partial charge in [0.05, 0.1) is 36.6 Å². The predicted molar refractivity (Wildman–Crippen MR) is 215 cm³/mol. The molecule has 8 fully saturated rings. The van der Waals surface area contributed by atoms with Gasteiger partial charge in [0.25, 0.3) is 0 Å². The summed E-state index contributed by atoms with van der Waals surface area (Å²) in [6.45, 7) is 13.3. The Balaban J connectivity index is 0.000000195. The van der Waals surface area contributed by atoms with Crippen molar-refractivity contribution in [3.8, 4) is 0 Å². The summed E-state index contributed by atoms with van der Waals surface area (Å²) >= 11 is 0. The fourth-order valence-corrected chi connectivity index (χ4v) is 17.4. The van der Waals surface area contributed by atoms with Gasteiger partial charge in [-0.2, -0.15) is 0 Å². The molecule has 0 saturated heterocycles. The Labute approximate surface area is 364 Å². The van der Waals surface area contributed by atoms with Crippen molar-refractivity contribution in [3.63, 3.8) is 0 Å². The molecule has 0 amide bonds. The van der Waals surface area contributed by atoms with Crippen molar-refractivity contribution >= 4 is 11.9 Å². The van der Waals surface area contributed by atoms with Crippen molar-refractivity contribution in [2.45, 2.75) is 194 Å². The third kappa shape index (κ3) is 8.05. The van der Waals surface area contributed by atoms with Crippen molar-refractivity contribution in [2.24, 2.45) is 92.7 Å². The van der Waals surface area contributed by atoms with Gasteiger partial charge in [-0.25, -0.2) is 0 Å². The molecular formula is C48H78CoO10. The molecule has 8 aliphatic rings. The van der Waals surface area contributed by atoms with Crippen LogP contribution in [0.5, 0.6) is 0 Å². The number of carboxylic acids is 2. The maximum atomic E-state index is 11.5. The predicted octanol–water partition coefficient (Wildman–Crippen LogP) is 4.23. The van der Waals surface area contributed by atoms with Gasteiger partial charge in [-0.05, 0) is 208 Å². The average Bonchev–Trinajstić information content (AvgIpc) is 3.70. The molecule has 0 heterocycles. The summed E-state index contributed by atoms with van der Waals surface area (Å²) in [5.74, 6) is 1.27. The topological polar surface area (TPSA) is 202 Å². The number of aliphatic hydroxyl groups excluding tert-OH is 6. The van der Waals surface area contributed by atoms with Crippen LogP contribution in [0.15, 0.2) is 0 Å². The molecule has 0 aromatic carbocycles. The number of aliphatic hydroxyl groups is 6. The van der Waals surface area contributed by atoms with E-state index in [2.05, 4.69) is 41.5 Å². The van der Waals surface area contributed by atoms with E-state index in [1.165, 1.54) is 0 Å². The maximum Gasteiger partial charge on any atom is 2.00 e. The fraction of sp³-hybridized carbons (Fsp3) is 0.958. The van der Waals surface area contributed by atoms with E-state index in [1.807, 2.05) is 0 Å². The molecule has 0 bridgehead atoms. The third-order valence-corrected chi connectivity index (χ3v) is 20.6. The Morgan fingerprint density at radius 1 is 0.542 bits per heavy atom. The molecule has 6 N–H and O–H groups in total. The van der Waals surface area contributed by atoms with Crippen molar-refractivity contribution < 1.29 is 67.2 Å². The van der Waals surface area contributed by atoms with E-state index in [1.54, 1.807) is 0 Å². The Morgan fingerprint density at radius 2 is 0.898 bits per heavy atom. The van der Waals surface area contributed by atoms with Crippen LogP contribution in [0.1, 0.15) is 157 Å². The van der Waals surface area contributed by atoms with Crippen LogP contribution in [0.2, 0.25) is 0 Å². The Hall–Kier alpha value is -0.794. The first-order valence-electron chi connectivity index (χ1n) is 23.7. The molecule has 10 nitrogen and oxygen atoms in total. The first kappa shape index (κ1) is 47.7. The van der Waals surface area contributed by atoms with Gasteiger partial charge in [0.15, 0.2) is 0 Å². The molecule has 0 spiro atoms. The molecule has 59 heavy (non-hydrogen) atoms. The largest absolute Gasteiger partial charge is 2.00 e. The minimum atomic E-state index is -0.998. The molecular weight excluding hydrogens is 795 g/mol. The van der Waals surface area contributed by atoms with Crippen LogP contribution in [0, 0.1) is 92.7 Å². The SMILES string of the molecule is C[C@H](CCC(=O)[O-])[C@H]1CCC2C3C(C[C@H](O)[C@@]21C)[C@@]1(C)CC[C@@H](O)C[C@H]1C[C@H]3O.C[C@H](CCC(=O)[O-])[C@H]1CCC2C3C(C[C@H](O)[C@@]21C)[C@@]1(C)CC[C@@H](O)C[C@H]1C[C@H]3O.[Co+2]. The second-order valence-corrected chi connectivity index (χ2v) is 22.8. The smallest absolute Gasteiger partial charge is 0.550 e. The molecule has 0 aromatic rings. The zero-order chi connectivity index (χ0) is 42.3. The average molecular weight is 874 g/mol. The second-order valence-electron chi connectivity index (χ2n) is 22.8. The number of fused-ring (bicyclic) bond motifs is 10. The summed E-state index contributed by atoms with van der Waals surface area (Å²) in [4.78, 5) is 21.9. The van der Waals surface area contributed by atoms with Crippen molar-refractivity contribution in [1.82, 2.24) is 0 Å². The van der Waals surface area contributed by atoms with Crippen LogP contribution in [-0.4, -0.2) is 79.2 Å². The zero-order valence-electron chi connectivity index (χ0n) is 36.8. The standard InChI is InChI=1S/2C24H40O5.Co/c2*1-13(4-7-21(28)29)16-5-6-17-22-18(12-20(27)24(16,17)3)23(2)9-8-15(25)10-14(23)11-19(22)26;/h2*13-20,22,25-27H,4-12H2,1-3H3,(H,28,29);/q;;+2/p-2/t2*13-,14+,15-,16-,17?,18?,19-,20+,22?,23+,24-;/m11./s1. The van der Waals surface area contributed by atoms with Gasteiger partial charge in [0, 0.05) is 11.9 Å². The summed E-state index contributed by atoms with van der Waals surface area (Å²) in [6.07, 6.45) is 11.4. The van der Waals surface area contributed by atoms with E-state index in [0.717, 1.165) is 89.9 Å². The van der Waals surface area contributed by atoms with Crippen molar-refractivity contribution in [1.29, 1.82) is 0 Å². The van der Waals surface area contributed by atoms with Crippen molar-refractivity contribution in [3.05, 3.63) is 0 Å². The first-order valence-corrected chi connectivity index (χ1v) is 23.7. The number of hydrogen-bond donors (Lipinski definition) is 6. The quantitative estimate of drug-likeness (QED) is 0.205. The zero-order valence-corrected chi connectivity index (χ0v) is 37.8. The molecule has 8 saturated carbocycles. The maximum absolute atomic E-state index is 11.5. The number of aliphatic carboxylic acids is 2. The summed E-state index contributed by atoms with van der Waals surface area (Å²) in [5, 5.41) is 87.7. The second kappa shape index (κ2) is 17.6. The molecule has 0 aliphatic heterocycles. The van der Waals surface area contributed by atoms with Crippen LogP contribution in [-0.2, 0) is 26.4 Å². The molecule has 8 aliphatic carbocycles. The van der Waals surface area contributed by atoms with Crippen LogP contribution in [0.4, 0.5) is 0 Å². The van der Waals surface area contributed by atoms with Crippen molar-refractivity contribution in [2.75, 3.05) is 0 Å². The van der Waals surface area contributed by atoms with Crippen LogP contribution >= 0.6 is 0 Å². The van der Waals surface area contributed by atoms with E-state index in [-0.39, 0.29) is 123 Å². The van der Waals surface area contributed by atoms with Gasteiger partial charge in [-0.15, -0.1) is 0 Å². The Bertz CT molecular complexity index is 1390. The summed E-state index contributed by atoms with van der Waals surface area (Å²) < 4.78 is 0. The number of hydrogen-bond acceptors (Lipinski definition) is 10. The summed E-state index contributed by atoms with van der Waals surface area (Å²) in [5.41, 5.74) is -0.343. The molecule has 0 aromatic heterocycles. The molecule has 6 unspecified atom stereocenters. The number of carbonyl (C=O) groups is 2. The minimum absolute atomic E-state index is 0. The number of carbonyl (C=O) groups excluding carboxylic acids is 2. The monoisotopic (exact) mass is 873 g/mol. The van der Waals surface area contributed by atoms with Gasteiger partial charge in [-0.1, -0.05) is 41.5 Å². The van der Waals surface area contributed by atoms with Crippen LogP contribution in [0.25, 0.3) is 0 Å². The van der Waals surface area contributed by atoms with Crippen LogP contribution in [0.3, 0.4) is 0 Å². The third-order valence-electron chi connectivity index (χ3n) is 20.6. The van der Waals surface area contributed by atoms with Gasteiger partial charge in [0.2, 0.25) is 0 Å². The van der Waals surface area contributed by atoms with Gasteiger partial charge in [0.1, 0.15) is 0 Å². The van der Waals surface area contributed by atoms with Gasteiger partial charge >= 0.3 is 16.8 Å². The van der Waals surface area contributed by atoms with E-state index in [4.69, 9.17) is 0 Å². The fourth-order valence-electron chi connectivity index (χ4n) is 17.4. The number of rotatable bonds is 8. The van der Waals surface area contributed by atoms with Gasteiger partial charge in [-0.3, -0.25) is 0 Å². The van der Waals surface area contributed by atoms with Crippen LogP contribution < -0.4 is 10.2 Å². The molecule has 339 valence electrons. The Kier molecular flexibility index (Phi) is 14.3.